The monoisotopic (exact) mass is 272 g/mol. The number of rotatable bonds is 4. The van der Waals surface area contributed by atoms with E-state index in [0.717, 1.165) is 18.4 Å². The van der Waals surface area contributed by atoms with Gasteiger partial charge >= 0.3 is 0 Å². The second-order valence-electron chi connectivity index (χ2n) is 4.44. The van der Waals surface area contributed by atoms with Crippen molar-refractivity contribution in [3.05, 3.63) is 33.8 Å². The Balaban J connectivity index is 1.83. The lowest BCUT2D eigenvalue weighted by Gasteiger charge is -2.10. The van der Waals surface area contributed by atoms with Crippen LogP contribution in [0.4, 0.5) is 0 Å². The number of nitrogens with one attached hydrogen (secondary N) is 1. The fourth-order valence-corrected chi connectivity index (χ4v) is 2.18. The molecule has 2 rings (SSSR count). The minimum atomic E-state index is -0.605. The quantitative estimate of drug-likeness (QED) is 0.883. The molecule has 0 aromatic heterocycles. The Bertz CT molecular complexity index is 424. The normalized spacial score (nSPS) is 16.6. The molecule has 0 saturated heterocycles. The second-order valence-corrected chi connectivity index (χ2v) is 5.31. The van der Waals surface area contributed by atoms with Crippen molar-refractivity contribution >= 4 is 29.1 Å². The number of benzene rings is 1. The van der Waals surface area contributed by atoms with Crippen LogP contribution in [0, 0.1) is 0 Å². The van der Waals surface area contributed by atoms with Crippen LogP contribution in [0.2, 0.25) is 10.0 Å². The molecular formula is C12H14Cl2N2O. The van der Waals surface area contributed by atoms with Crippen LogP contribution in [0.1, 0.15) is 18.4 Å². The zero-order valence-corrected chi connectivity index (χ0v) is 10.8. The Hall–Kier alpha value is -0.770. The van der Waals surface area contributed by atoms with Crippen LogP contribution in [0.5, 0.6) is 0 Å². The summed E-state index contributed by atoms with van der Waals surface area (Å²) in [5.41, 5.74) is 6.16. The summed E-state index contributed by atoms with van der Waals surface area (Å²) in [6, 6.07) is 5.37. The van der Waals surface area contributed by atoms with Crippen molar-refractivity contribution in [1.29, 1.82) is 0 Å². The van der Waals surface area contributed by atoms with Crippen LogP contribution in [-0.4, -0.2) is 18.0 Å². The van der Waals surface area contributed by atoms with Crippen molar-refractivity contribution in [3.63, 3.8) is 0 Å². The lowest BCUT2D eigenvalue weighted by Crippen LogP contribution is -2.43. The molecule has 1 aromatic rings. The predicted octanol–water partition coefficient (Wildman–Crippen LogP) is 2.14. The van der Waals surface area contributed by atoms with Gasteiger partial charge in [0.15, 0.2) is 0 Å². The predicted molar refractivity (Wildman–Crippen MR) is 69.3 cm³/mol. The number of hydrogen-bond acceptors (Lipinski definition) is 2. The smallest absolute Gasteiger partial charge is 0.240 e. The first kappa shape index (κ1) is 12.7. The summed E-state index contributed by atoms with van der Waals surface area (Å²) in [6.45, 7) is 0.550. The molecule has 1 amide bonds. The minimum absolute atomic E-state index is 0.0642. The van der Waals surface area contributed by atoms with Gasteiger partial charge in [0.05, 0.1) is 5.54 Å². The molecule has 3 nitrogen and oxygen atoms in total. The largest absolute Gasteiger partial charge is 0.354 e. The van der Waals surface area contributed by atoms with Gasteiger partial charge in [0, 0.05) is 16.6 Å². The summed E-state index contributed by atoms with van der Waals surface area (Å²) >= 11 is 11.8. The van der Waals surface area contributed by atoms with E-state index in [-0.39, 0.29) is 5.91 Å². The molecule has 0 aliphatic heterocycles. The van der Waals surface area contributed by atoms with Gasteiger partial charge in [0.1, 0.15) is 0 Å². The van der Waals surface area contributed by atoms with Crippen LogP contribution in [0.25, 0.3) is 0 Å². The molecule has 17 heavy (non-hydrogen) atoms. The molecule has 1 aromatic carbocycles. The number of hydrogen-bond donors (Lipinski definition) is 2. The first-order valence-corrected chi connectivity index (χ1v) is 6.27. The average Bonchev–Trinajstić information content (AvgIpc) is 2.96. The molecule has 1 saturated carbocycles. The summed E-state index contributed by atoms with van der Waals surface area (Å²) in [5.74, 6) is -0.0642. The maximum Gasteiger partial charge on any atom is 0.240 e. The molecule has 92 valence electrons. The number of amides is 1. The van der Waals surface area contributed by atoms with Gasteiger partial charge in [-0.05, 0) is 43.0 Å². The number of halogens is 2. The minimum Gasteiger partial charge on any atom is -0.354 e. The molecule has 5 heteroatoms. The molecule has 0 spiro atoms. The molecule has 3 N–H and O–H groups in total. The Morgan fingerprint density at radius 2 is 1.88 bits per heavy atom. The van der Waals surface area contributed by atoms with Gasteiger partial charge in [-0.1, -0.05) is 23.2 Å². The number of nitrogens with two attached hydrogens (primary N) is 1. The summed E-state index contributed by atoms with van der Waals surface area (Å²) in [4.78, 5) is 11.6. The summed E-state index contributed by atoms with van der Waals surface area (Å²) in [7, 11) is 0. The summed E-state index contributed by atoms with van der Waals surface area (Å²) < 4.78 is 0. The first-order chi connectivity index (χ1) is 7.99. The van der Waals surface area contributed by atoms with Crippen molar-refractivity contribution in [3.8, 4) is 0 Å². The van der Waals surface area contributed by atoms with Gasteiger partial charge in [-0.25, -0.2) is 0 Å². The van der Waals surface area contributed by atoms with Crippen LogP contribution in [0.3, 0.4) is 0 Å². The van der Waals surface area contributed by atoms with Crippen molar-refractivity contribution in [1.82, 2.24) is 5.32 Å². The van der Waals surface area contributed by atoms with E-state index in [4.69, 9.17) is 28.9 Å². The van der Waals surface area contributed by atoms with E-state index in [2.05, 4.69) is 5.32 Å². The molecule has 0 bridgehead atoms. The standard InChI is InChI=1S/C12H14Cl2N2O/c13-9-5-8(6-10(14)7-9)1-4-16-11(17)12(15)2-3-12/h5-7H,1-4,15H2,(H,16,17). The van der Waals surface area contributed by atoms with E-state index in [1.54, 1.807) is 6.07 Å². The third-order valence-electron chi connectivity index (χ3n) is 2.86. The van der Waals surface area contributed by atoms with Crippen LogP contribution in [-0.2, 0) is 11.2 Å². The highest BCUT2D eigenvalue weighted by molar-refractivity contribution is 6.34. The average molecular weight is 273 g/mol. The highest BCUT2D eigenvalue weighted by Gasteiger charge is 2.45. The molecule has 1 aliphatic carbocycles. The molecule has 0 radical (unpaired) electrons. The molecule has 0 unspecified atom stereocenters. The maximum atomic E-state index is 11.6. The van der Waals surface area contributed by atoms with E-state index in [0.29, 0.717) is 23.0 Å². The topological polar surface area (TPSA) is 55.1 Å². The van der Waals surface area contributed by atoms with Gasteiger partial charge in [0.2, 0.25) is 5.91 Å². The van der Waals surface area contributed by atoms with Gasteiger partial charge in [-0.15, -0.1) is 0 Å². The van der Waals surface area contributed by atoms with Crippen LogP contribution in [0.15, 0.2) is 18.2 Å². The lowest BCUT2D eigenvalue weighted by atomic mass is 10.1. The van der Waals surface area contributed by atoms with E-state index in [1.165, 1.54) is 0 Å². The summed E-state index contributed by atoms with van der Waals surface area (Å²) in [6.07, 6.45) is 2.26. The van der Waals surface area contributed by atoms with Crippen molar-refractivity contribution in [2.75, 3.05) is 6.54 Å². The molecule has 0 heterocycles. The first-order valence-electron chi connectivity index (χ1n) is 5.52. The fraction of sp³-hybridized carbons (Fsp3) is 0.417. The van der Waals surface area contributed by atoms with Gasteiger partial charge in [-0.3, -0.25) is 4.79 Å². The third-order valence-corrected chi connectivity index (χ3v) is 3.30. The van der Waals surface area contributed by atoms with E-state index in [1.807, 2.05) is 12.1 Å². The highest BCUT2D eigenvalue weighted by Crippen LogP contribution is 2.32. The van der Waals surface area contributed by atoms with E-state index >= 15 is 0 Å². The van der Waals surface area contributed by atoms with Crippen molar-refractivity contribution in [2.24, 2.45) is 5.73 Å². The molecular weight excluding hydrogens is 259 g/mol. The Morgan fingerprint density at radius 3 is 2.41 bits per heavy atom. The molecule has 1 fully saturated rings. The van der Waals surface area contributed by atoms with Crippen LogP contribution >= 0.6 is 23.2 Å². The number of carbonyl (C=O) groups is 1. The Labute approximate surface area is 110 Å². The van der Waals surface area contributed by atoms with E-state index < -0.39 is 5.54 Å². The second kappa shape index (κ2) is 4.84. The maximum absolute atomic E-state index is 11.6. The SMILES string of the molecule is NC1(C(=O)NCCc2cc(Cl)cc(Cl)c2)CC1. The molecule has 0 atom stereocenters. The highest BCUT2D eigenvalue weighted by atomic mass is 35.5. The fourth-order valence-electron chi connectivity index (χ4n) is 1.61. The Morgan fingerprint density at radius 1 is 1.29 bits per heavy atom. The van der Waals surface area contributed by atoms with Gasteiger partial charge < -0.3 is 11.1 Å². The van der Waals surface area contributed by atoms with Gasteiger partial charge in [0.25, 0.3) is 0 Å². The third kappa shape index (κ3) is 3.35. The Kier molecular flexibility index (Phi) is 3.61. The number of carbonyl (C=O) groups excluding carboxylic acids is 1. The van der Waals surface area contributed by atoms with Crippen molar-refractivity contribution in [2.45, 2.75) is 24.8 Å². The lowest BCUT2D eigenvalue weighted by molar-refractivity contribution is -0.123. The molecule has 1 aliphatic rings. The zero-order chi connectivity index (χ0) is 12.5. The van der Waals surface area contributed by atoms with E-state index in [9.17, 15) is 4.79 Å². The van der Waals surface area contributed by atoms with Crippen LogP contribution < -0.4 is 11.1 Å². The summed E-state index contributed by atoms with van der Waals surface area (Å²) in [5, 5.41) is 4.04. The van der Waals surface area contributed by atoms with Gasteiger partial charge in [-0.2, -0.15) is 0 Å². The zero-order valence-electron chi connectivity index (χ0n) is 9.30. The van der Waals surface area contributed by atoms with Crippen molar-refractivity contribution < 1.29 is 4.79 Å².